The molecule has 0 saturated carbocycles. The van der Waals surface area contributed by atoms with Crippen LogP contribution in [-0.2, 0) is 19.4 Å². The predicted molar refractivity (Wildman–Crippen MR) is 85.8 cm³/mol. The first-order valence-electron chi connectivity index (χ1n) is 7.26. The summed E-state index contributed by atoms with van der Waals surface area (Å²) in [4.78, 5) is 16.0. The van der Waals surface area contributed by atoms with Crippen LogP contribution in [-0.4, -0.2) is 21.5 Å². The van der Waals surface area contributed by atoms with E-state index in [1.165, 1.54) is 21.6 Å². The van der Waals surface area contributed by atoms with Crippen molar-refractivity contribution in [2.75, 3.05) is 11.4 Å². The minimum atomic E-state index is 0.863. The molecule has 0 saturated heterocycles. The van der Waals surface area contributed by atoms with E-state index in [1.54, 1.807) is 11.3 Å². The summed E-state index contributed by atoms with van der Waals surface area (Å²) >= 11 is 1.76. The van der Waals surface area contributed by atoms with Crippen molar-refractivity contribution < 1.29 is 0 Å². The first-order chi connectivity index (χ1) is 10.3. The minimum Gasteiger partial charge on any atom is -0.364 e. The van der Waals surface area contributed by atoms with Gasteiger partial charge in [-0.15, -0.1) is 11.3 Å². The number of aryl methyl sites for hydroxylation is 1. The molecule has 0 fully saturated rings. The Labute approximate surface area is 127 Å². The molecule has 0 unspecified atom stereocenters. The number of thiophene rings is 1. The molecule has 0 aromatic carbocycles. The Morgan fingerprint density at radius 3 is 3.14 bits per heavy atom. The van der Waals surface area contributed by atoms with Crippen LogP contribution in [0.3, 0.4) is 0 Å². The largest absolute Gasteiger partial charge is 0.364 e. The van der Waals surface area contributed by atoms with Crippen molar-refractivity contribution in [1.29, 1.82) is 0 Å². The van der Waals surface area contributed by atoms with Gasteiger partial charge in [0.1, 0.15) is 5.82 Å². The lowest BCUT2D eigenvalue weighted by molar-refractivity contribution is 0.695. The topological polar surface area (TPSA) is 41.9 Å². The fraction of sp³-hybridized carbons (Fsp3) is 0.312. The normalized spacial score (nSPS) is 14.4. The molecule has 21 heavy (non-hydrogen) atoms. The molecule has 4 rings (SSSR count). The second-order valence-electron chi connectivity index (χ2n) is 5.25. The number of hydrogen-bond acceptors (Lipinski definition) is 5. The Kier molecular flexibility index (Phi) is 3.07. The summed E-state index contributed by atoms with van der Waals surface area (Å²) in [7, 11) is 0. The van der Waals surface area contributed by atoms with E-state index in [0.29, 0.717) is 0 Å². The van der Waals surface area contributed by atoms with Gasteiger partial charge in [0.2, 0.25) is 0 Å². The van der Waals surface area contributed by atoms with E-state index in [4.69, 9.17) is 4.98 Å². The molecular weight excluding hydrogens is 280 g/mol. The number of rotatable bonds is 2. The molecule has 0 atom stereocenters. The van der Waals surface area contributed by atoms with Crippen molar-refractivity contribution in [2.45, 2.75) is 26.3 Å². The monoisotopic (exact) mass is 296 g/mol. The standard InChI is InChI=1S/C16H16N4S/c1-2-15-18-9-11-4-7-20(10-13(11)19-15)14-3-6-17-12-5-8-21-16(12)14/h3,5-6,8-9H,2,4,7,10H2,1H3. The van der Waals surface area contributed by atoms with E-state index in [-0.39, 0.29) is 0 Å². The van der Waals surface area contributed by atoms with Crippen molar-refractivity contribution in [2.24, 2.45) is 0 Å². The van der Waals surface area contributed by atoms with Crippen LogP contribution in [0.15, 0.2) is 29.9 Å². The second-order valence-corrected chi connectivity index (χ2v) is 6.16. The average Bonchev–Trinajstić information content (AvgIpc) is 3.02. The van der Waals surface area contributed by atoms with Gasteiger partial charge in [0, 0.05) is 25.4 Å². The molecular formula is C16H16N4S. The molecule has 0 amide bonds. The number of pyridine rings is 1. The second kappa shape index (κ2) is 5.07. The third-order valence-corrected chi connectivity index (χ3v) is 4.90. The van der Waals surface area contributed by atoms with E-state index in [2.05, 4.69) is 39.3 Å². The van der Waals surface area contributed by atoms with Crippen molar-refractivity contribution in [3.05, 3.63) is 47.0 Å². The Morgan fingerprint density at radius 1 is 1.29 bits per heavy atom. The highest BCUT2D eigenvalue weighted by atomic mass is 32.1. The molecule has 4 nitrogen and oxygen atoms in total. The summed E-state index contributed by atoms with van der Waals surface area (Å²) in [5.74, 6) is 0.937. The maximum Gasteiger partial charge on any atom is 0.128 e. The maximum atomic E-state index is 4.71. The van der Waals surface area contributed by atoms with Gasteiger partial charge in [0.15, 0.2) is 0 Å². The highest BCUT2D eigenvalue weighted by molar-refractivity contribution is 7.17. The molecule has 3 aromatic heterocycles. The summed E-state index contributed by atoms with van der Waals surface area (Å²) in [6.45, 7) is 3.97. The smallest absolute Gasteiger partial charge is 0.128 e. The van der Waals surface area contributed by atoms with Crippen LogP contribution >= 0.6 is 11.3 Å². The van der Waals surface area contributed by atoms with Crippen molar-refractivity contribution in [3.63, 3.8) is 0 Å². The minimum absolute atomic E-state index is 0.863. The van der Waals surface area contributed by atoms with Crippen molar-refractivity contribution in [1.82, 2.24) is 15.0 Å². The van der Waals surface area contributed by atoms with Gasteiger partial charge in [-0.1, -0.05) is 6.92 Å². The van der Waals surface area contributed by atoms with Gasteiger partial charge in [-0.05, 0) is 29.5 Å². The van der Waals surface area contributed by atoms with E-state index in [9.17, 15) is 0 Å². The van der Waals surface area contributed by atoms with Gasteiger partial charge in [0.05, 0.1) is 28.1 Å². The lowest BCUT2D eigenvalue weighted by Crippen LogP contribution is -2.31. The van der Waals surface area contributed by atoms with Crippen LogP contribution < -0.4 is 4.90 Å². The SMILES string of the molecule is CCc1ncc2c(n1)CN(c1ccnc3ccsc13)CC2. The average molecular weight is 296 g/mol. The highest BCUT2D eigenvalue weighted by Crippen LogP contribution is 2.32. The first kappa shape index (κ1) is 12.7. The van der Waals surface area contributed by atoms with Crippen LogP contribution in [0, 0.1) is 0 Å². The molecule has 0 N–H and O–H groups in total. The molecule has 4 heterocycles. The molecule has 0 bridgehead atoms. The maximum absolute atomic E-state index is 4.71. The van der Waals surface area contributed by atoms with Gasteiger partial charge in [-0.3, -0.25) is 4.98 Å². The number of anilines is 1. The zero-order valence-corrected chi connectivity index (χ0v) is 12.7. The third-order valence-electron chi connectivity index (χ3n) is 3.98. The number of hydrogen-bond donors (Lipinski definition) is 0. The van der Waals surface area contributed by atoms with Crippen molar-refractivity contribution >= 4 is 27.2 Å². The third kappa shape index (κ3) is 2.17. The Morgan fingerprint density at radius 2 is 2.24 bits per heavy atom. The molecule has 0 radical (unpaired) electrons. The number of nitrogens with zero attached hydrogens (tertiary/aromatic N) is 4. The molecule has 3 aromatic rings. The molecule has 5 heteroatoms. The van der Waals surface area contributed by atoms with E-state index in [0.717, 1.165) is 37.3 Å². The van der Waals surface area contributed by atoms with E-state index in [1.807, 2.05) is 12.4 Å². The van der Waals surface area contributed by atoms with Gasteiger partial charge in [0.25, 0.3) is 0 Å². The zero-order valence-electron chi connectivity index (χ0n) is 11.9. The van der Waals surface area contributed by atoms with Gasteiger partial charge in [-0.2, -0.15) is 0 Å². The molecule has 0 spiro atoms. The Balaban J connectivity index is 1.73. The molecule has 106 valence electrons. The van der Waals surface area contributed by atoms with Crippen LogP contribution in [0.1, 0.15) is 24.0 Å². The van der Waals surface area contributed by atoms with Crippen LogP contribution in [0.25, 0.3) is 10.2 Å². The van der Waals surface area contributed by atoms with Crippen LogP contribution in [0.2, 0.25) is 0 Å². The van der Waals surface area contributed by atoms with E-state index >= 15 is 0 Å². The van der Waals surface area contributed by atoms with Crippen LogP contribution in [0.4, 0.5) is 5.69 Å². The number of fused-ring (bicyclic) bond motifs is 2. The summed E-state index contributed by atoms with van der Waals surface area (Å²) in [5, 5.41) is 2.11. The molecule has 1 aliphatic heterocycles. The summed E-state index contributed by atoms with van der Waals surface area (Å²) < 4.78 is 1.27. The quantitative estimate of drug-likeness (QED) is 0.728. The van der Waals surface area contributed by atoms with Crippen molar-refractivity contribution in [3.8, 4) is 0 Å². The lowest BCUT2D eigenvalue weighted by atomic mass is 10.1. The number of aromatic nitrogens is 3. The fourth-order valence-electron chi connectivity index (χ4n) is 2.83. The summed E-state index contributed by atoms with van der Waals surface area (Å²) in [6.07, 6.45) is 5.80. The van der Waals surface area contributed by atoms with Gasteiger partial charge >= 0.3 is 0 Å². The highest BCUT2D eigenvalue weighted by Gasteiger charge is 2.20. The lowest BCUT2D eigenvalue weighted by Gasteiger charge is -2.30. The predicted octanol–water partition coefficient (Wildman–Crippen LogP) is 3.21. The zero-order chi connectivity index (χ0) is 14.2. The summed E-state index contributed by atoms with van der Waals surface area (Å²) in [6, 6.07) is 4.20. The first-order valence-corrected chi connectivity index (χ1v) is 8.14. The fourth-order valence-corrected chi connectivity index (χ4v) is 3.72. The Bertz CT molecular complexity index is 796. The van der Waals surface area contributed by atoms with Gasteiger partial charge in [-0.25, -0.2) is 9.97 Å². The van der Waals surface area contributed by atoms with E-state index < -0.39 is 0 Å². The molecule has 0 aliphatic carbocycles. The van der Waals surface area contributed by atoms with Gasteiger partial charge < -0.3 is 4.90 Å². The van der Waals surface area contributed by atoms with Crippen LogP contribution in [0.5, 0.6) is 0 Å². The summed E-state index contributed by atoms with van der Waals surface area (Å²) in [5.41, 5.74) is 4.83. The Hall–Kier alpha value is -2.01. The molecule has 1 aliphatic rings.